The quantitative estimate of drug-likeness (QED) is 0.124. The van der Waals surface area contributed by atoms with Crippen molar-refractivity contribution < 1.29 is 41.4 Å². The summed E-state index contributed by atoms with van der Waals surface area (Å²) >= 11 is 7.65. The van der Waals surface area contributed by atoms with E-state index in [0.29, 0.717) is 63.8 Å². The lowest BCUT2D eigenvalue weighted by Gasteiger charge is -2.16. The molecule has 12 heteroatoms. The molecule has 2 heterocycles. The maximum Gasteiger partial charge on any atom is 0.416 e. The van der Waals surface area contributed by atoms with E-state index in [4.69, 9.17) is 17.3 Å². The van der Waals surface area contributed by atoms with Crippen molar-refractivity contribution in [3.63, 3.8) is 0 Å². The predicted molar refractivity (Wildman–Crippen MR) is 171 cm³/mol. The smallest absolute Gasteiger partial charge is 0.416 e. The number of thioether (sulfide) groups is 1. The van der Waals surface area contributed by atoms with Crippen LogP contribution in [0.25, 0.3) is 17.2 Å². The van der Waals surface area contributed by atoms with Gasteiger partial charge < -0.3 is 5.11 Å². The molecule has 3 aromatic rings. The largest absolute Gasteiger partial charge is 0.478 e. The monoisotopic (exact) mass is 678 g/mol. The van der Waals surface area contributed by atoms with Crippen molar-refractivity contribution in [3.05, 3.63) is 97.6 Å². The van der Waals surface area contributed by atoms with Gasteiger partial charge in [-0.15, -0.1) is 11.3 Å². The maximum atomic E-state index is 13.9. The molecule has 45 heavy (non-hydrogen) atoms. The first-order chi connectivity index (χ1) is 21.0. The first-order valence-corrected chi connectivity index (χ1v) is 15.9. The van der Waals surface area contributed by atoms with E-state index in [1.807, 2.05) is 6.92 Å². The fraction of sp³-hybridized carbons (Fsp3) is 0.273. The fourth-order valence-electron chi connectivity index (χ4n) is 4.58. The molecule has 1 atom stereocenters. The molecule has 0 bridgehead atoms. The van der Waals surface area contributed by atoms with E-state index < -0.39 is 29.2 Å². The minimum Gasteiger partial charge on any atom is -0.478 e. The van der Waals surface area contributed by atoms with Gasteiger partial charge in [0.2, 0.25) is 5.78 Å². The molecule has 4 nitrogen and oxygen atoms in total. The number of carbonyl (C=O) groups is 3. The summed E-state index contributed by atoms with van der Waals surface area (Å²) in [5.41, 5.74) is -0.227. The second kappa shape index (κ2) is 13.9. The molecule has 0 saturated carbocycles. The van der Waals surface area contributed by atoms with Gasteiger partial charge in [-0.25, -0.2) is 13.6 Å². The molecular formula is C33H27F5O4S3. The minimum atomic E-state index is -4.80. The lowest BCUT2D eigenvalue weighted by Crippen LogP contribution is -2.12. The van der Waals surface area contributed by atoms with E-state index in [0.717, 1.165) is 40.8 Å². The van der Waals surface area contributed by atoms with Gasteiger partial charge in [0, 0.05) is 35.3 Å². The summed E-state index contributed by atoms with van der Waals surface area (Å²) in [6.45, 7) is 2.35. The molecule has 4 rings (SSSR count). The average Bonchev–Trinajstić information content (AvgIpc) is 3.54. The molecule has 0 amide bonds. The average molecular weight is 679 g/mol. The molecule has 236 valence electrons. The number of aromatic carboxylic acids is 1. The first-order valence-electron chi connectivity index (χ1n) is 13.8. The lowest BCUT2D eigenvalue weighted by molar-refractivity contribution is -0.137. The van der Waals surface area contributed by atoms with E-state index >= 15 is 0 Å². The zero-order valence-corrected chi connectivity index (χ0v) is 26.5. The number of ketones is 2. The van der Waals surface area contributed by atoms with Crippen LogP contribution >= 0.6 is 35.3 Å². The normalized spacial score (nSPS) is 16.5. The van der Waals surface area contributed by atoms with Gasteiger partial charge in [0.1, 0.15) is 5.78 Å². The summed E-state index contributed by atoms with van der Waals surface area (Å²) in [7, 11) is 0. The number of carboxylic acids is 1. The van der Waals surface area contributed by atoms with Gasteiger partial charge in [-0.1, -0.05) is 49.1 Å². The second-order valence-electron chi connectivity index (χ2n) is 10.7. The van der Waals surface area contributed by atoms with Crippen LogP contribution in [0.3, 0.4) is 0 Å². The highest BCUT2D eigenvalue weighted by atomic mass is 32.2. The van der Waals surface area contributed by atoms with Crippen LogP contribution in [0.4, 0.5) is 22.0 Å². The number of rotatable bonds is 11. The third-order valence-corrected chi connectivity index (χ3v) is 9.52. The van der Waals surface area contributed by atoms with Crippen molar-refractivity contribution >= 4 is 63.1 Å². The molecule has 1 aromatic heterocycles. The highest BCUT2D eigenvalue weighted by Gasteiger charge is 2.35. The van der Waals surface area contributed by atoms with Crippen molar-refractivity contribution in [2.75, 3.05) is 0 Å². The number of allylic oxidation sites excluding steroid dienone is 2. The van der Waals surface area contributed by atoms with Crippen LogP contribution in [0.5, 0.6) is 0 Å². The van der Waals surface area contributed by atoms with Crippen LogP contribution in [0.15, 0.2) is 70.5 Å². The molecule has 0 aliphatic carbocycles. The van der Waals surface area contributed by atoms with Crippen LogP contribution in [0.1, 0.15) is 65.0 Å². The number of halogens is 5. The summed E-state index contributed by atoms with van der Waals surface area (Å²) in [4.78, 5) is 37.6. The Kier molecular flexibility index (Phi) is 10.6. The Morgan fingerprint density at radius 3 is 2.29 bits per heavy atom. The summed E-state index contributed by atoms with van der Waals surface area (Å²) < 4.78 is 68.5. The Labute approximate surface area is 270 Å². The van der Waals surface area contributed by atoms with E-state index in [-0.39, 0.29) is 28.6 Å². The molecular weight excluding hydrogens is 652 g/mol. The van der Waals surface area contributed by atoms with E-state index in [1.54, 1.807) is 29.7 Å². The summed E-state index contributed by atoms with van der Waals surface area (Å²) in [6, 6.07) is 10.2. The number of aryl methyl sites for hydroxylation is 1. The van der Waals surface area contributed by atoms with Crippen LogP contribution < -0.4 is 0 Å². The van der Waals surface area contributed by atoms with Gasteiger partial charge in [0.15, 0.2) is 0 Å². The van der Waals surface area contributed by atoms with Gasteiger partial charge >= 0.3 is 12.1 Å². The highest BCUT2D eigenvalue weighted by Crippen LogP contribution is 2.40. The van der Waals surface area contributed by atoms with Crippen LogP contribution in [0, 0.1) is 5.92 Å². The third-order valence-electron chi connectivity index (χ3n) is 7.24. The Morgan fingerprint density at radius 1 is 1.00 bits per heavy atom. The molecule has 1 unspecified atom stereocenters. The SMILES string of the molecule is CC(CC/C=C1/C(=O)/C(=C/c2cc(-c3cc(C(C)(F)F)cc(C(F)(F)F)c3)cs2)SC1=S)C(=O)CCc1ccc(C(=O)O)cc1. The molecule has 2 aromatic carbocycles. The summed E-state index contributed by atoms with van der Waals surface area (Å²) in [6.07, 6.45) is 0.221. The van der Waals surface area contributed by atoms with Crippen molar-refractivity contribution in [3.8, 4) is 11.1 Å². The van der Waals surface area contributed by atoms with Gasteiger partial charge in [-0.2, -0.15) is 13.2 Å². The summed E-state index contributed by atoms with van der Waals surface area (Å²) in [5.74, 6) is -4.99. The number of carboxylic acid groups (broad SMARTS) is 1. The number of alkyl halides is 5. The van der Waals surface area contributed by atoms with Crippen molar-refractivity contribution in [1.82, 2.24) is 0 Å². The maximum absolute atomic E-state index is 13.9. The second-order valence-corrected chi connectivity index (χ2v) is 13.4. The standard InChI is InChI=1S/C33H27F5O4S3/c1-18(27(39)11-8-19-6-9-20(10-7-19)30(41)42)4-3-5-26-29(40)28(45-31(26)43)16-25-14-22(17-44-25)21-12-23(32(2,34)35)15-24(13-21)33(36,37)38/h5-7,9-10,12-18H,3-4,8,11H2,1-2H3,(H,41,42)/b26-5-,28-16-. The van der Waals surface area contributed by atoms with Crippen LogP contribution in [-0.2, 0) is 28.1 Å². The number of hydrogen-bond donors (Lipinski definition) is 1. The van der Waals surface area contributed by atoms with E-state index in [1.165, 1.54) is 18.2 Å². The number of hydrogen-bond acceptors (Lipinski definition) is 6. The van der Waals surface area contributed by atoms with Gasteiger partial charge in [0.25, 0.3) is 5.92 Å². The van der Waals surface area contributed by atoms with Crippen LogP contribution in [0.2, 0.25) is 0 Å². The lowest BCUT2D eigenvalue weighted by atomic mass is 9.94. The molecule has 1 aliphatic heterocycles. The first kappa shape index (κ1) is 34.4. The Morgan fingerprint density at radius 2 is 1.67 bits per heavy atom. The number of benzene rings is 2. The Hall–Kier alpha value is -3.48. The zero-order chi connectivity index (χ0) is 33.1. The molecule has 0 spiro atoms. The van der Waals surface area contributed by atoms with Gasteiger partial charge in [-0.3, -0.25) is 9.59 Å². The van der Waals surface area contributed by atoms with E-state index in [9.17, 15) is 36.3 Å². The molecule has 0 radical (unpaired) electrons. The topological polar surface area (TPSA) is 71.4 Å². The van der Waals surface area contributed by atoms with Crippen molar-refractivity contribution in [1.29, 1.82) is 0 Å². The third kappa shape index (κ3) is 8.83. The molecule has 1 N–H and O–H groups in total. The van der Waals surface area contributed by atoms with Crippen molar-refractivity contribution in [2.45, 2.75) is 51.6 Å². The van der Waals surface area contributed by atoms with Gasteiger partial charge in [0.05, 0.1) is 20.2 Å². The molecule has 1 saturated heterocycles. The Balaban J connectivity index is 1.39. The number of thiophene rings is 1. The predicted octanol–water partition coefficient (Wildman–Crippen LogP) is 9.77. The van der Waals surface area contributed by atoms with Crippen molar-refractivity contribution in [2.24, 2.45) is 5.92 Å². The zero-order valence-electron chi connectivity index (χ0n) is 24.0. The number of Topliss-reactive ketones (excluding diaryl/α,β-unsaturated/α-hetero) is 2. The van der Waals surface area contributed by atoms with E-state index in [2.05, 4.69) is 0 Å². The highest BCUT2D eigenvalue weighted by molar-refractivity contribution is 8.27. The van der Waals surface area contributed by atoms with Crippen LogP contribution in [-0.4, -0.2) is 26.8 Å². The number of thiocarbonyl (C=S) groups is 1. The Bertz CT molecular complexity index is 1660. The van der Waals surface area contributed by atoms with Gasteiger partial charge in [-0.05, 0) is 83.8 Å². The number of carbonyl (C=O) groups excluding carboxylic acids is 2. The fourth-order valence-corrected chi connectivity index (χ4v) is 6.83. The molecule has 1 fully saturated rings. The summed E-state index contributed by atoms with van der Waals surface area (Å²) in [5, 5.41) is 10.5. The minimum absolute atomic E-state index is 0.0106. The molecule has 1 aliphatic rings.